The average molecular weight is 326 g/mol. The number of imide groups is 1. The Morgan fingerprint density at radius 2 is 2.00 bits per heavy atom. The van der Waals surface area contributed by atoms with Crippen LogP contribution in [0, 0.1) is 0 Å². The molecule has 0 bridgehead atoms. The average Bonchev–Trinajstić information content (AvgIpc) is 2.90. The van der Waals surface area contributed by atoms with E-state index >= 15 is 0 Å². The van der Waals surface area contributed by atoms with Crippen LogP contribution in [0.5, 0.6) is 5.75 Å². The maximum Gasteiger partial charge on any atom is 0.322 e. The number of amides is 3. The van der Waals surface area contributed by atoms with Crippen LogP contribution in [0.4, 0.5) is 4.79 Å². The van der Waals surface area contributed by atoms with Gasteiger partial charge in [0.1, 0.15) is 11.3 Å². The lowest BCUT2D eigenvalue weighted by Gasteiger charge is -2.24. The topological polar surface area (TPSA) is 67.4 Å². The lowest BCUT2D eigenvalue weighted by atomic mass is 9.92. The van der Waals surface area contributed by atoms with Gasteiger partial charge in [-0.2, -0.15) is 0 Å². The van der Waals surface area contributed by atoms with Crippen molar-refractivity contribution in [3.05, 3.63) is 54.1 Å². The van der Waals surface area contributed by atoms with Gasteiger partial charge in [-0.1, -0.05) is 43.4 Å². The van der Waals surface area contributed by atoms with Gasteiger partial charge in [0.2, 0.25) is 0 Å². The number of hydrogen-bond donors (Lipinski definition) is 2. The lowest BCUT2D eigenvalue weighted by molar-refractivity contribution is -0.124. The maximum atomic E-state index is 11.9. The van der Waals surface area contributed by atoms with Crippen LogP contribution >= 0.6 is 0 Å². The molecule has 126 valence electrons. The molecule has 0 saturated carbocycles. The highest BCUT2D eigenvalue weighted by Gasteiger charge is 2.44. The van der Waals surface area contributed by atoms with E-state index in [4.69, 9.17) is 4.74 Å². The molecule has 0 spiro atoms. The number of nitrogens with one attached hydrogen (secondary N) is 2. The molecule has 1 fully saturated rings. The van der Waals surface area contributed by atoms with Crippen molar-refractivity contribution in [1.29, 1.82) is 0 Å². The van der Waals surface area contributed by atoms with Crippen LogP contribution in [-0.2, 0) is 4.79 Å². The van der Waals surface area contributed by atoms with Gasteiger partial charge in [-0.05, 0) is 30.5 Å². The van der Waals surface area contributed by atoms with Crippen LogP contribution in [0.25, 0.3) is 0 Å². The zero-order valence-corrected chi connectivity index (χ0v) is 13.7. The molecular formula is C19H22N2O3. The van der Waals surface area contributed by atoms with Crippen LogP contribution < -0.4 is 15.4 Å². The second kappa shape index (κ2) is 6.91. The molecule has 1 aromatic rings. The van der Waals surface area contributed by atoms with E-state index in [9.17, 15) is 9.59 Å². The first-order valence-electron chi connectivity index (χ1n) is 8.33. The third kappa shape index (κ3) is 3.35. The third-order valence-electron chi connectivity index (χ3n) is 4.70. The Labute approximate surface area is 141 Å². The van der Waals surface area contributed by atoms with Crippen molar-refractivity contribution in [2.45, 2.75) is 37.6 Å². The van der Waals surface area contributed by atoms with Crippen LogP contribution in [0.15, 0.2) is 48.6 Å². The summed E-state index contributed by atoms with van der Waals surface area (Å²) in [6.45, 7) is 2.25. The van der Waals surface area contributed by atoms with Gasteiger partial charge in [0.05, 0.1) is 6.61 Å². The van der Waals surface area contributed by atoms with E-state index in [2.05, 4.69) is 47.1 Å². The SMILES string of the molecule is CCC1(CCOc2ccc(C3C=CC=CC3)cc2)NC(=O)NC1=O. The smallest absolute Gasteiger partial charge is 0.322 e. The van der Waals surface area contributed by atoms with E-state index in [0.717, 1.165) is 12.2 Å². The number of rotatable bonds is 6. The maximum absolute atomic E-state index is 11.9. The first-order valence-corrected chi connectivity index (χ1v) is 8.33. The van der Waals surface area contributed by atoms with E-state index in [0.29, 0.717) is 25.4 Å². The Bertz CT molecular complexity index is 678. The molecule has 2 aliphatic rings. The van der Waals surface area contributed by atoms with Gasteiger partial charge in [-0.25, -0.2) is 4.79 Å². The lowest BCUT2D eigenvalue weighted by Crippen LogP contribution is -2.47. The Hall–Kier alpha value is -2.56. The minimum atomic E-state index is -0.851. The first kappa shape index (κ1) is 16.3. The number of carbonyl (C=O) groups excluding carboxylic acids is 2. The second-order valence-electron chi connectivity index (χ2n) is 6.17. The van der Waals surface area contributed by atoms with Crippen LogP contribution in [-0.4, -0.2) is 24.1 Å². The number of benzene rings is 1. The van der Waals surface area contributed by atoms with Gasteiger partial charge in [-0.15, -0.1) is 0 Å². The van der Waals surface area contributed by atoms with Crippen molar-refractivity contribution in [1.82, 2.24) is 10.6 Å². The summed E-state index contributed by atoms with van der Waals surface area (Å²) in [5.74, 6) is 0.918. The van der Waals surface area contributed by atoms with E-state index in [1.807, 2.05) is 19.1 Å². The number of hydrogen-bond acceptors (Lipinski definition) is 3. The van der Waals surface area contributed by atoms with Gasteiger partial charge in [0.15, 0.2) is 0 Å². The summed E-state index contributed by atoms with van der Waals surface area (Å²) in [4.78, 5) is 23.3. The molecule has 0 radical (unpaired) electrons. The highest BCUT2D eigenvalue weighted by molar-refractivity contribution is 6.06. The fraction of sp³-hybridized carbons (Fsp3) is 0.368. The summed E-state index contributed by atoms with van der Waals surface area (Å²) >= 11 is 0. The third-order valence-corrected chi connectivity index (χ3v) is 4.70. The summed E-state index contributed by atoms with van der Waals surface area (Å²) in [5.41, 5.74) is 0.409. The molecule has 2 unspecified atom stereocenters. The van der Waals surface area contributed by atoms with Crippen LogP contribution in [0.1, 0.15) is 37.7 Å². The Morgan fingerprint density at radius 3 is 2.58 bits per heavy atom. The predicted molar refractivity (Wildman–Crippen MR) is 91.9 cm³/mol. The van der Waals surface area contributed by atoms with Crippen molar-refractivity contribution >= 4 is 11.9 Å². The molecule has 2 N–H and O–H groups in total. The number of urea groups is 1. The van der Waals surface area contributed by atoms with Crippen LogP contribution in [0.2, 0.25) is 0 Å². The number of allylic oxidation sites excluding steroid dienone is 4. The Morgan fingerprint density at radius 1 is 1.21 bits per heavy atom. The summed E-state index contributed by atoms with van der Waals surface area (Å²) in [6, 6.07) is 7.62. The molecular weight excluding hydrogens is 304 g/mol. The van der Waals surface area contributed by atoms with Gasteiger partial charge < -0.3 is 10.1 Å². The monoisotopic (exact) mass is 326 g/mol. The summed E-state index contributed by atoms with van der Waals surface area (Å²) in [5, 5.41) is 5.01. The van der Waals surface area contributed by atoms with Crippen molar-refractivity contribution in [2.24, 2.45) is 0 Å². The van der Waals surface area contributed by atoms with Crippen molar-refractivity contribution < 1.29 is 14.3 Å². The zero-order valence-electron chi connectivity index (χ0n) is 13.7. The highest BCUT2D eigenvalue weighted by atomic mass is 16.5. The molecule has 2 atom stereocenters. The van der Waals surface area contributed by atoms with Crippen molar-refractivity contribution in [2.75, 3.05) is 6.61 Å². The minimum Gasteiger partial charge on any atom is -0.493 e. The largest absolute Gasteiger partial charge is 0.493 e. The van der Waals surface area contributed by atoms with Crippen molar-refractivity contribution in [3.8, 4) is 5.75 Å². The Kier molecular flexibility index (Phi) is 4.69. The van der Waals surface area contributed by atoms with Gasteiger partial charge >= 0.3 is 6.03 Å². The fourth-order valence-electron chi connectivity index (χ4n) is 3.11. The molecule has 24 heavy (non-hydrogen) atoms. The molecule has 3 rings (SSSR count). The highest BCUT2D eigenvalue weighted by Crippen LogP contribution is 2.26. The standard InChI is InChI=1S/C19H22N2O3/c1-2-19(17(22)20-18(23)21-19)12-13-24-16-10-8-15(9-11-16)14-6-4-3-5-7-14/h3-6,8-11,14H,2,7,12-13H2,1H3,(H2,20,21,22,23). The zero-order chi connectivity index (χ0) is 17.0. The van der Waals surface area contributed by atoms with Gasteiger partial charge in [0, 0.05) is 12.3 Å². The fourth-order valence-corrected chi connectivity index (χ4v) is 3.11. The molecule has 5 heteroatoms. The summed E-state index contributed by atoms with van der Waals surface area (Å²) in [6.07, 6.45) is 10.5. The van der Waals surface area contributed by atoms with E-state index in [1.165, 1.54) is 5.56 Å². The molecule has 3 amide bonds. The van der Waals surface area contributed by atoms with E-state index < -0.39 is 11.6 Å². The Balaban J connectivity index is 1.55. The van der Waals surface area contributed by atoms with Gasteiger partial charge in [-0.3, -0.25) is 10.1 Å². The summed E-state index contributed by atoms with van der Waals surface area (Å²) < 4.78 is 5.76. The van der Waals surface area contributed by atoms with Crippen LogP contribution in [0.3, 0.4) is 0 Å². The molecule has 1 saturated heterocycles. The summed E-state index contributed by atoms with van der Waals surface area (Å²) in [7, 11) is 0. The van der Waals surface area contributed by atoms with E-state index in [1.54, 1.807) is 0 Å². The molecule has 1 aliphatic heterocycles. The molecule has 5 nitrogen and oxygen atoms in total. The molecule has 1 heterocycles. The van der Waals surface area contributed by atoms with E-state index in [-0.39, 0.29) is 5.91 Å². The number of carbonyl (C=O) groups is 2. The number of ether oxygens (including phenoxy) is 1. The molecule has 1 aromatic carbocycles. The molecule has 0 aromatic heterocycles. The normalized spacial score (nSPS) is 25.5. The quantitative estimate of drug-likeness (QED) is 0.790. The first-order chi connectivity index (χ1) is 11.6. The predicted octanol–water partition coefficient (Wildman–Crippen LogP) is 3.04. The van der Waals surface area contributed by atoms with Crippen molar-refractivity contribution in [3.63, 3.8) is 0 Å². The molecule has 1 aliphatic carbocycles. The van der Waals surface area contributed by atoms with Gasteiger partial charge in [0.25, 0.3) is 5.91 Å². The minimum absolute atomic E-state index is 0.272. The second-order valence-corrected chi connectivity index (χ2v) is 6.17.